The average molecular weight is 135 g/mol. The summed E-state index contributed by atoms with van der Waals surface area (Å²) >= 11 is 0. The Bertz CT molecular complexity index is 254. The van der Waals surface area contributed by atoms with Crippen molar-refractivity contribution in [3.05, 3.63) is 23.7 Å². The molecule has 0 amide bonds. The topological polar surface area (TPSA) is 36.9 Å². The third-order valence-electron chi connectivity index (χ3n) is 1.31. The molecule has 10 heavy (non-hydrogen) atoms. The smallest absolute Gasteiger partial charge is 0.203 e. The van der Waals surface area contributed by atoms with Gasteiger partial charge in [-0.15, -0.1) is 0 Å². The summed E-state index contributed by atoms with van der Waals surface area (Å²) in [5.41, 5.74) is 0. The minimum absolute atomic E-state index is 0.363. The van der Waals surface area contributed by atoms with Gasteiger partial charge < -0.3 is 4.42 Å². The van der Waals surface area contributed by atoms with Gasteiger partial charge in [0.2, 0.25) is 5.76 Å². The summed E-state index contributed by atoms with van der Waals surface area (Å²) in [6, 6.07) is 5.46. The first-order valence-corrected chi connectivity index (χ1v) is 3.24. The van der Waals surface area contributed by atoms with E-state index >= 15 is 0 Å². The molecule has 1 aromatic rings. The largest absolute Gasteiger partial charge is 0.450 e. The molecule has 0 aliphatic rings. The Hall–Kier alpha value is -1.23. The molecular weight excluding hydrogens is 126 g/mol. The summed E-state index contributed by atoms with van der Waals surface area (Å²) in [5, 5.41) is 8.39. The van der Waals surface area contributed by atoms with Crippen molar-refractivity contribution in [1.29, 1.82) is 5.26 Å². The number of hydrogen-bond acceptors (Lipinski definition) is 2. The number of rotatable bonds is 1. The van der Waals surface area contributed by atoms with Crippen LogP contribution in [0.15, 0.2) is 16.5 Å². The highest BCUT2D eigenvalue weighted by Gasteiger charge is 2.03. The zero-order valence-corrected chi connectivity index (χ0v) is 6.09. The zero-order chi connectivity index (χ0) is 7.56. The monoisotopic (exact) mass is 135 g/mol. The lowest BCUT2D eigenvalue weighted by atomic mass is 10.2. The fourth-order valence-electron chi connectivity index (χ4n) is 0.723. The van der Waals surface area contributed by atoms with Crippen molar-refractivity contribution in [2.24, 2.45) is 0 Å². The quantitative estimate of drug-likeness (QED) is 0.592. The second-order valence-electron chi connectivity index (χ2n) is 2.47. The van der Waals surface area contributed by atoms with Gasteiger partial charge in [-0.3, -0.25) is 0 Å². The van der Waals surface area contributed by atoms with Gasteiger partial charge in [0.25, 0.3) is 0 Å². The van der Waals surface area contributed by atoms with Crippen LogP contribution in [0.2, 0.25) is 0 Å². The first kappa shape index (κ1) is 6.88. The van der Waals surface area contributed by atoms with E-state index in [9.17, 15) is 0 Å². The third-order valence-corrected chi connectivity index (χ3v) is 1.31. The fourth-order valence-corrected chi connectivity index (χ4v) is 0.723. The SMILES string of the molecule is CC(C)c1ccc(C#N)o1. The minimum atomic E-state index is 0.363. The van der Waals surface area contributed by atoms with Crippen molar-refractivity contribution in [1.82, 2.24) is 0 Å². The van der Waals surface area contributed by atoms with E-state index in [1.807, 2.05) is 26.0 Å². The van der Waals surface area contributed by atoms with Gasteiger partial charge in [0.1, 0.15) is 11.8 Å². The highest BCUT2D eigenvalue weighted by Crippen LogP contribution is 2.16. The molecule has 0 bridgehead atoms. The molecule has 2 nitrogen and oxygen atoms in total. The molecule has 52 valence electrons. The van der Waals surface area contributed by atoms with E-state index in [1.165, 1.54) is 0 Å². The summed E-state index contributed by atoms with van der Waals surface area (Å²) in [4.78, 5) is 0. The third kappa shape index (κ3) is 1.19. The van der Waals surface area contributed by atoms with Crippen molar-refractivity contribution in [2.75, 3.05) is 0 Å². The summed E-state index contributed by atoms with van der Waals surface area (Å²) < 4.78 is 5.13. The molecular formula is C8H9NO. The fraction of sp³-hybridized carbons (Fsp3) is 0.375. The highest BCUT2D eigenvalue weighted by molar-refractivity contribution is 5.20. The van der Waals surface area contributed by atoms with Crippen LogP contribution in [0.1, 0.15) is 31.3 Å². The lowest BCUT2D eigenvalue weighted by Gasteiger charge is -1.95. The normalized spacial score (nSPS) is 9.80. The van der Waals surface area contributed by atoms with Crippen LogP contribution in [0.3, 0.4) is 0 Å². The second-order valence-corrected chi connectivity index (χ2v) is 2.47. The Morgan fingerprint density at radius 2 is 2.20 bits per heavy atom. The van der Waals surface area contributed by atoms with Gasteiger partial charge >= 0.3 is 0 Å². The second kappa shape index (κ2) is 2.57. The molecule has 0 fully saturated rings. The molecule has 0 atom stereocenters. The average Bonchev–Trinajstić information content (AvgIpc) is 2.34. The van der Waals surface area contributed by atoms with Gasteiger partial charge in [0, 0.05) is 5.92 Å². The highest BCUT2D eigenvalue weighted by atomic mass is 16.3. The molecule has 0 aliphatic carbocycles. The minimum Gasteiger partial charge on any atom is -0.450 e. The van der Waals surface area contributed by atoms with Crippen molar-refractivity contribution in [3.63, 3.8) is 0 Å². The van der Waals surface area contributed by atoms with Crippen molar-refractivity contribution in [2.45, 2.75) is 19.8 Å². The lowest BCUT2D eigenvalue weighted by molar-refractivity contribution is 0.477. The van der Waals surface area contributed by atoms with Gasteiger partial charge in [-0.05, 0) is 12.1 Å². The Morgan fingerprint density at radius 3 is 2.50 bits per heavy atom. The van der Waals surface area contributed by atoms with Gasteiger partial charge in [0.05, 0.1) is 0 Å². The van der Waals surface area contributed by atoms with E-state index in [0.29, 0.717) is 11.7 Å². The van der Waals surface area contributed by atoms with Crippen molar-refractivity contribution >= 4 is 0 Å². The molecule has 0 spiro atoms. The maximum absolute atomic E-state index is 8.39. The first-order chi connectivity index (χ1) is 4.74. The van der Waals surface area contributed by atoms with Crippen LogP contribution in [-0.4, -0.2) is 0 Å². The van der Waals surface area contributed by atoms with Gasteiger partial charge in [0.15, 0.2) is 0 Å². The van der Waals surface area contributed by atoms with E-state index in [4.69, 9.17) is 9.68 Å². The molecule has 1 rings (SSSR count). The van der Waals surface area contributed by atoms with Crippen LogP contribution in [0, 0.1) is 11.3 Å². The van der Waals surface area contributed by atoms with Crippen LogP contribution in [-0.2, 0) is 0 Å². The molecule has 1 aromatic heterocycles. The Labute approximate surface area is 60.1 Å². The maximum Gasteiger partial charge on any atom is 0.203 e. The van der Waals surface area contributed by atoms with Crippen molar-refractivity contribution < 1.29 is 4.42 Å². The Kier molecular flexibility index (Phi) is 1.77. The van der Waals surface area contributed by atoms with E-state index in [1.54, 1.807) is 6.07 Å². The molecule has 0 aromatic carbocycles. The van der Waals surface area contributed by atoms with Crippen LogP contribution in [0.5, 0.6) is 0 Å². The number of nitriles is 1. The summed E-state index contributed by atoms with van der Waals surface area (Å²) in [6.07, 6.45) is 0. The van der Waals surface area contributed by atoms with E-state index in [-0.39, 0.29) is 0 Å². The molecule has 0 N–H and O–H groups in total. The molecule has 0 unspecified atom stereocenters. The number of nitrogens with zero attached hydrogens (tertiary/aromatic N) is 1. The maximum atomic E-state index is 8.39. The van der Waals surface area contributed by atoms with Gasteiger partial charge in [-0.25, -0.2) is 0 Å². The lowest BCUT2D eigenvalue weighted by Crippen LogP contribution is -1.80. The van der Waals surface area contributed by atoms with Crippen molar-refractivity contribution in [3.8, 4) is 6.07 Å². The first-order valence-electron chi connectivity index (χ1n) is 3.24. The Morgan fingerprint density at radius 1 is 1.50 bits per heavy atom. The number of hydrogen-bond donors (Lipinski definition) is 0. The summed E-state index contributed by atoms with van der Waals surface area (Å²) in [7, 11) is 0. The molecule has 0 radical (unpaired) electrons. The van der Waals surface area contributed by atoms with Crippen LogP contribution >= 0.6 is 0 Å². The molecule has 0 aliphatic heterocycles. The Balaban J connectivity index is 2.91. The molecule has 0 saturated carbocycles. The zero-order valence-electron chi connectivity index (χ0n) is 6.09. The van der Waals surface area contributed by atoms with Crippen LogP contribution in [0.25, 0.3) is 0 Å². The number of furan rings is 1. The molecule has 0 saturated heterocycles. The van der Waals surface area contributed by atoms with E-state index in [0.717, 1.165) is 5.76 Å². The predicted molar refractivity (Wildman–Crippen MR) is 37.5 cm³/mol. The van der Waals surface area contributed by atoms with Crippen LogP contribution in [0.4, 0.5) is 0 Å². The molecule has 2 heteroatoms. The van der Waals surface area contributed by atoms with Gasteiger partial charge in [-0.2, -0.15) is 5.26 Å². The standard InChI is InChI=1S/C8H9NO/c1-6(2)8-4-3-7(5-9)10-8/h3-4,6H,1-2H3. The van der Waals surface area contributed by atoms with E-state index in [2.05, 4.69) is 0 Å². The van der Waals surface area contributed by atoms with Gasteiger partial charge in [-0.1, -0.05) is 13.8 Å². The predicted octanol–water partition coefficient (Wildman–Crippen LogP) is 2.27. The summed E-state index contributed by atoms with van der Waals surface area (Å²) in [5.74, 6) is 1.63. The van der Waals surface area contributed by atoms with E-state index < -0.39 is 0 Å². The molecule has 1 heterocycles. The van der Waals surface area contributed by atoms with Crippen LogP contribution < -0.4 is 0 Å². The summed E-state index contributed by atoms with van der Waals surface area (Å²) in [6.45, 7) is 4.06.